The van der Waals surface area contributed by atoms with E-state index < -0.39 is 93.2 Å². The lowest BCUT2D eigenvalue weighted by atomic mass is 9.44. The number of carbonyl (C=O) groups excluding carboxylic acids is 4. The van der Waals surface area contributed by atoms with E-state index in [1.807, 2.05) is 0 Å². The van der Waals surface area contributed by atoms with Crippen LogP contribution in [0.5, 0.6) is 0 Å². The maximum absolute atomic E-state index is 17.9. The summed E-state index contributed by atoms with van der Waals surface area (Å²) in [6, 6.07) is 1.68. The first-order valence-electron chi connectivity index (χ1n) is 13.9. The van der Waals surface area contributed by atoms with Crippen LogP contribution < -0.4 is 0 Å². The number of carbonyl (C=O) groups is 4. The van der Waals surface area contributed by atoms with Gasteiger partial charge in [0.1, 0.15) is 12.2 Å². The molecule has 0 spiro atoms. The van der Waals surface area contributed by atoms with E-state index in [1.165, 1.54) is 25.3 Å². The average molecular weight is 611 g/mol. The van der Waals surface area contributed by atoms with Crippen LogP contribution in [0.3, 0.4) is 0 Å². The summed E-state index contributed by atoms with van der Waals surface area (Å²) in [7, 11) is 0. The molecule has 0 bridgehead atoms. The topological polar surface area (TPSA) is 120 Å². The second-order valence-corrected chi connectivity index (χ2v) is 13.0. The Morgan fingerprint density at radius 2 is 1.93 bits per heavy atom. The molecule has 4 aliphatic rings. The normalized spacial score (nSPS) is 40.7. The largest absolute Gasteiger partial charge is 0.457 e. The fourth-order valence-corrected chi connectivity index (χ4v) is 9.11. The van der Waals surface area contributed by atoms with Gasteiger partial charge in [-0.25, -0.2) is 18.0 Å². The maximum atomic E-state index is 17.9. The van der Waals surface area contributed by atoms with Crippen molar-refractivity contribution in [1.82, 2.24) is 0 Å². The smallest absolute Gasteiger partial charge is 0.379 e. The summed E-state index contributed by atoms with van der Waals surface area (Å²) in [5, 5.41) is 10.9. The molecule has 5 rings (SSSR count). The van der Waals surface area contributed by atoms with Crippen LogP contribution in [0.2, 0.25) is 0 Å². The molecule has 0 unspecified atom stereocenters. The van der Waals surface area contributed by atoms with Crippen molar-refractivity contribution in [3.05, 3.63) is 47.6 Å². The third kappa shape index (κ3) is 4.00. The van der Waals surface area contributed by atoms with Crippen molar-refractivity contribution in [2.45, 2.75) is 76.9 Å². The number of ketones is 1. The van der Waals surface area contributed by atoms with Crippen LogP contribution in [0.25, 0.3) is 0 Å². The van der Waals surface area contributed by atoms with E-state index in [9.17, 15) is 28.7 Å². The van der Waals surface area contributed by atoms with Crippen LogP contribution in [-0.2, 0) is 23.9 Å². The Kier molecular flexibility index (Phi) is 7.57. The molecule has 9 atom stereocenters. The van der Waals surface area contributed by atoms with Crippen LogP contribution in [-0.4, -0.2) is 57.5 Å². The van der Waals surface area contributed by atoms with Crippen molar-refractivity contribution in [2.75, 3.05) is 6.01 Å². The van der Waals surface area contributed by atoms with Gasteiger partial charge in [-0.15, -0.1) is 0 Å². The van der Waals surface area contributed by atoms with Gasteiger partial charge in [0.15, 0.2) is 17.0 Å². The first-order chi connectivity index (χ1) is 19.7. The summed E-state index contributed by atoms with van der Waals surface area (Å²) >= 11 is 0.346. The molecule has 0 aliphatic heterocycles. The lowest BCUT2D eigenvalue weighted by Gasteiger charge is -2.63. The molecule has 0 saturated heterocycles. The van der Waals surface area contributed by atoms with Crippen LogP contribution >= 0.6 is 11.8 Å². The number of esters is 2. The molecule has 1 heterocycles. The van der Waals surface area contributed by atoms with Crippen LogP contribution in [0, 0.1) is 28.6 Å². The Morgan fingerprint density at radius 1 is 1.21 bits per heavy atom. The lowest BCUT2D eigenvalue weighted by molar-refractivity contribution is -0.228. The number of fused-ring (bicyclic) bond motifs is 5. The third-order valence-electron chi connectivity index (χ3n) is 10.2. The molecule has 1 aromatic rings. The van der Waals surface area contributed by atoms with Crippen molar-refractivity contribution in [3.8, 4) is 0 Å². The van der Waals surface area contributed by atoms with E-state index in [4.69, 9.17) is 13.9 Å². The fourth-order valence-electron chi connectivity index (χ4n) is 8.32. The van der Waals surface area contributed by atoms with E-state index >= 15 is 8.78 Å². The zero-order valence-electron chi connectivity index (χ0n) is 23.7. The Bertz CT molecular complexity index is 1380. The van der Waals surface area contributed by atoms with Crippen LogP contribution in [0.1, 0.15) is 63.9 Å². The molecule has 3 saturated carbocycles. The summed E-state index contributed by atoms with van der Waals surface area (Å²) in [6.45, 7) is 6.16. The van der Waals surface area contributed by atoms with Gasteiger partial charge in [0.05, 0.1) is 17.8 Å². The minimum Gasteiger partial charge on any atom is -0.457 e. The number of rotatable bonds is 6. The number of hydrogen-bond acceptors (Lipinski definition) is 9. The van der Waals surface area contributed by atoms with Crippen molar-refractivity contribution < 1.29 is 51.3 Å². The predicted octanol–water partition coefficient (Wildman–Crippen LogP) is 5.21. The number of ether oxygens (including phenoxy) is 2. The second-order valence-electron chi connectivity index (χ2n) is 12.1. The van der Waals surface area contributed by atoms with Gasteiger partial charge in [0.2, 0.25) is 16.7 Å². The highest BCUT2D eigenvalue weighted by Gasteiger charge is 2.78. The predicted molar refractivity (Wildman–Crippen MR) is 144 cm³/mol. The van der Waals surface area contributed by atoms with Gasteiger partial charge >= 0.3 is 11.9 Å². The SMILES string of the molecule is CCC(=O)O[C@@]1(C(=O)SCF)[C@H](C)C[C@H]2[C@@H]3C[C@H](F)C4=CC(=O)C(OC(=O)c5ccco5)=C[C@]4(C)[C@@]3(F)[C@@H](O)C[C@@]21C. The van der Waals surface area contributed by atoms with E-state index in [0.29, 0.717) is 11.8 Å². The van der Waals surface area contributed by atoms with Gasteiger partial charge in [-0.05, 0) is 73.7 Å². The molecule has 8 nitrogen and oxygen atoms in total. The molecular weight excluding hydrogens is 577 g/mol. The number of aliphatic hydroxyl groups is 1. The minimum atomic E-state index is -2.57. The van der Waals surface area contributed by atoms with Crippen molar-refractivity contribution in [3.63, 3.8) is 0 Å². The highest BCUT2D eigenvalue weighted by atomic mass is 32.2. The molecule has 1 N–H and O–H groups in total. The Balaban J connectivity index is 1.61. The first-order valence-corrected chi connectivity index (χ1v) is 14.9. The average Bonchev–Trinajstić information content (AvgIpc) is 3.54. The van der Waals surface area contributed by atoms with Crippen LogP contribution in [0.15, 0.2) is 46.3 Å². The Labute approximate surface area is 245 Å². The molecule has 0 aromatic carbocycles. The van der Waals surface area contributed by atoms with E-state index in [0.717, 1.165) is 12.2 Å². The summed E-state index contributed by atoms with van der Waals surface area (Å²) in [6.07, 6.45) is -1.14. The van der Waals surface area contributed by atoms with Gasteiger partial charge in [0, 0.05) is 23.7 Å². The van der Waals surface area contributed by atoms with Crippen molar-refractivity contribution in [1.29, 1.82) is 0 Å². The molecule has 4 aliphatic carbocycles. The quantitative estimate of drug-likeness (QED) is 0.433. The number of alkyl halides is 3. The summed E-state index contributed by atoms with van der Waals surface area (Å²) in [5.74, 6) is -5.96. The van der Waals surface area contributed by atoms with E-state index in [-0.39, 0.29) is 30.6 Å². The molecule has 1 aromatic heterocycles. The van der Waals surface area contributed by atoms with Gasteiger partial charge in [-0.1, -0.05) is 20.8 Å². The van der Waals surface area contributed by atoms with Gasteiger partial charge < -0.3 is 19.0 Å². The number of thioether (sulfide) groups is 1. The maximum Gasteiger partial charge on any atom is 0.379 e. The first kappa shape index (κ1) is 30.6. The lowest BCUT2D eigenvalue weighted by Crippen LogP contribution is -2.70. The van der Waals surface area contributed by atoms with Gasteiger partial charge in [0.25, 0.3) is 0 Å². The summed E-state index contributed by atoms with van der Waals surface area (Å²) in [4.78, 5) is 51.6. The highest BCUT2D eigenvalue weighted by Crippen LogP contribution is 2.72. The molecule has 0 radical (unpaired) electrons. The number of furan rings is 1. The zero-order chi connectivity index (χ0) is 30.8. The van der Waals surface area contributed by atoms with Gasteiger partial charge in [-0.3, -0.25) is 14.4 Å². The number of aliphatic hydroxyl groups excluding tert-OH is 1. The molecule has 0 amide bonds. The fraction of sp³-hybridized carbons (Fsp3) is 0.600. The summed E-state index contributed by atoms with van der Waals surface area (Å²) < 4.78 is 63.4. The standard InChI is InChI=1S/C30H33F3O8S/c1-5-24(36)41-30(26(38)42-14-31)15(2)9-16-17-10-19(32)18-11-20(34)22(40-25(37)21-7-6-8-39-21)12-27(18,3)29(17,33)23(35)13-28(16,30)4/h6-8,11-12,15-17,19,23,35H,5,9-10,13-14H2,1-4H3/t15-,16+,17+,19+,23+,27+,28+,29+,30-/m1/s1. The summed E-state index contributed by atoms with van der Waals surface area (Å²) in [5.41, 5.74) is -7.93. The zero-order valence-corrected chi connectivity index (χ0v) is 24.5. The van der Waals surface area contributed by atoms with Crippen molar-refractivity contribution in [2.24, 2.45) is 28.6 Å². The van der Waals surface area contributed by atoms with E-state index in [1.54, 1.807) is 20.8 Å². The Hall–Kier alpha value is -2.86. The molecule has 12 heteroatoms. The third-order valence-corrected chi connectivity index (χ3v) is 10.9. The molecule has 42 heavy (non-hydrogen) atoms. The molecule has 228 valence electrons. The van der Waals surface area contributed by atoms with Crippen molar-refractivity contribution >= 4 is 34.6 Å². The van der Waals surface area contributed by atoms with Crippen LogP contribution in [0.4, 0.5) is 13.2 Å². The van der Waals surface area contributed by atoms with Gasteiger partial charge in [-0.2, -0.15) is 0 Å². The molecule has 3 fully saturated rings. The number of hydrogen-bond donors (Lipinski definition) is 1. The second kappa shape index (κ2) is 10.4. The molecular formula is C30H33F3O8S. The highest BCUT2D eigenvalue weighted by molar-refractivity contribution is 8.13. The minimum absolute atomic E-state index is 0.0705. The monoisotopic (exact) mass is 610 g/mol. The number of allylic oxidation sites excluding steroid dienone is 3. The number of halogens is 3. The Morgan fingerprint density at radius 3 is 2.55 bits per heavy atom. The van der Waals surface area contributed by atoms with E-state index in [2.05, 4.69) is 0 Å².